The van der Waals surface area contributed by atoms with Gasteiger partial charge >= 0.3 is 5.97 Å². The summed E-state index contributed by atoms with van der Waals surface area (Å²) < 4.78 is 0.886. The van der Waals surface area contributed by atoms with Gasteiger partial charge in [-0.2, -0.15) is 12.6 Å². The number of rotatable bonds is 6. The number of aliphatic carboxylic acids is 1. The molecule has 2 N–H and O–H groups in total. The molecule has 90 valence electrons. The maximum atomic E-state index is 10.8. The third-order valence-electron chi connectivity index (χ3n) is 2.22. The zero-order chi connectivity index (χ0) is 12.2. The topological polar surface area (TPSA) is 57.5 Å². The lowest BCUT2D eigenvalue weighted by Crippen LogP contribution is -2.28. The molecule has 3 nitrogen and oxygen atoms in total. The molecule has 1 aromatic heterocycles. The molecular weight excluding hydrogens is 312 g/mol. The van der Waals surface area contributed by atoms with Crippen LogP contribution in [0.5, 0.6) is 0 Å². The molecular formula is C10H13BrO3S2. The maximum Gasteiger partial charge on any atom is 0.306 e. The lowest BCUT2D eigenvalue weighted by Gasteiger charge is -2.25. The van der Waals surface area contributed by atoms with Gasteiger partial charge in [0.15, 0.2) is 0 Å². The SMILES string of the molecule is O=C(O)CC(O)(CCCS)c1ccc(Br)s1. The molecule has 0 bridgehead atoms. The Kier molecular flexibility index (Phi) is 5.30. The Morgan fingerprint density at radius 2 is 2.25 bits per heavy atom. The highest BCUT2D eigenvalue weighted by Crippen LogP contribution is 2.37. The number of carboxylic acid groups (broad SMARTS) is 1. The number of carbonyl (C=O) groups is 1. The minimum absolute atomic E-state index is 0.270. The van der Waals surface area contributed by atoms with E-state index in [1.807, 2.05) is 6.07 Å². The fraction of sp³-hybridized carbons (Fsp3) is 0.500. The van der Waals surface area contributed by atoms with Crippen LogP contribution in [0.3, 0.4) is 0 Å². The van der Waals surface area contributed by atoms with E-state index in [9.17, 15) is 9.90 Å². The minimum Gasteiger partial charge on any atom is -0.481 e. The second kappa shape index (κ2) is 6.05. The van der Waals surface area contributed by atoms with Crippen molar-refractivity contribution in [1.29, 1.82) is 0 Å². The van der Waals surface area contributed by atoms with Crippen molar-refractivity contribution in [1.82, 2.24) is 0 Å². The number of thiophene rings is 1. The predicted octanol–water partition coefficient (Wildman–Crippen LogP) is 2.88. The van der Waals surface area contributed by atoms with E-state index in [1.54, 1.807) is 6.07 Å². The summed E-state index contributed by atoms with van der Waals surface area (Å²) in [6.45, 7) is 0. The van der Waals surface area contributed by atoms with Crippen LogP contribution in [-0.2, 0) is 10.4 Å². The Hall–Kier alpha value is -0.0400. The average Bonchev–Trinajstić information content (AvgIpc) is 2.61. The van der Waals surface area contributed by atoms with Crippen LogP contribution in [0, 0.1) is 0 Å². The summed E-state index contributed by atoms with van der Waals surface area (Å²) in [5.74, 6) is -0.361. The van der Waals surface area contributed by atoms with Crippen molar-refractivity contribution in [3.63, 3.8) is 0 Å². The second-order valence-corrected chi connectivity index (χ2v) is 6.44. The third kappa shape index (κ3) is 3.76. The highest BCUT2D eigenvalue weighted by molar-refractivity contribution is 9.11. The van der Waals surface area contributed by atoms with Crippen molar-refractivity contribution in [2.24, 2.45) is 0 Å². The van der Waals surface area contributed by atoms with Gasteiger partial charge in [0.2, 0.25) is 0 Å². The van der Waals surface area contributed by atoms with E-state index in [-0.39, 0.29) is 6.42 Å². The lowest BCUT2D eigenvalue weighted by atomic mass is 9.92. The van der Waals surface area contributed by atoms with Crippen LogP contribution >= 0.6 is 39.9 Å². The van der Waals surface area contributed by atoms with Crippen LogP contribution in [0.25, 0.3) is 0 Å². The Morgan fingerprint density at radius 3 is 2.69 bits per heavy atom. The van der Waals surface area contributed by atoms with Crippen LogP contribution in [0.1, 0.15) is 24.1 Å². The summed E-state index contributed by atoms with van der Waals surface area (Å²) in [5, 5.41) is 19.2. The number of thiol groups is 1. The lowest BCUT2D eigenvalue weighted by molar-refractivity contribution is -0.143. The Bertz CT molecular complexity index is 367. The van der Waals surface area contributed by atoms with Crippen LogP contribution in [0.4, 0.5) is 0 Å². The summed E-state index contributed by atoms with van der Waals surface area (Å²) in [7, 11) is 0. The first kappa shape index (κ1) is 14.0. The zero-order valence-corrected chi connectivity index (χ0v) is 11.8. The molecule has 16 heavy (non-hydrogen) atoms. The van der Waals surface area contributed by atoms with Gasteiger partial charge < -0.3 is 10.2 Å². The van der Waals surface area contributed by atoms with Crippen LogP contribution < -0.4 is 0 Å². The molecule has 0 aromatic carbocycles. The molecule has 1 atom stereocenters. The molecule has 0 aliphatic rings. The monoisotopic (exact) mass is 324 g/mol. The van der Waals surface area contributed by atoms with E-state index in [2.05, 4.69) is 28.6 Å². The molecule has 0 radical (unpaired) electrons. The number of hydrogen-bond acceptors (Lipinski definition) is 4. The van der Waals surface area contributed by atoms with Crippen LogP contribution in [0.2, 0.25) is 0 Å². The van der Waals surface area contributed by atoms with E-state index >= 15 is 0 Å². The van der Waals surface area contributed by atoms with E-state index in [4.69, 9.17) is 5.11 Å². The van der Waals surface area contributed by atoms with Crippen LogP contribution in [0.15, 0.2) is 15.9 Å². The van der Waals surface area contributed by atoms with Crippen molar-refractivity contribution in [2.75, 3.05) is 5.75 Å². The number of hydrogen-bond donors (Lipinski definition) is 3. The van der Waals surface area contributed by atoms with Gasteiger partial charge in [0.25, 0.3) is 0 Å². The number of aliphatic hydroxyl groups is 1. The van der Waals surface area contributed by atoms with Crippen molar-refractivity contribution in [2.45, 2.75) is 24.9 Å². The smallest absolute Gasteiger partial charge is 0.306 e. The minimum atomic E-state index is -1.27. The van der Waals surface area contributed by atoms with Crippen LogP contribution in [-0.4, -0.2) is 21.9 Å². The quantitative estimate of drug-likeness (QED) is 0.705. The third-order valence-corrected chi connectivity index (χ3v) is 4.36. The molecule has 1 heterocycles. The summed E-state index contributed by atoms with van der Waals surface area (Å²) in [6, 6.07) is 3.57. The fourth-order valence-corrected chi connectivity index (χ4v) is 3.14. The van der Waals surface area contributed by atoms with E-state index in [0.717, 1.165) is 3.79 Å². The molecule has 0 aliphatic heterocycles. The summed E-state index contributed by atoms with van der Waals surface area (Å²) in [4.78, 5) is 11.5. The molecule has 0 spiro atoms. The molecule has 0 aliphatic carbocycles. The van der Waals surface area contributed by atoms with Crippen molar-refractivity contribution < 1.29 is 15.0 Å². The fourth-order valence-electron chi connectivity index (χ4n) is 1.48. The summed E-state index contributed by atoms with van der Waals surface area (Å²) in [5.41, 5.74) is -1.27. The molecule has 1 rings (SSSR count). The van der Waals surface area contributed by atoms with Crippen molar-refractivity contribution in [3.8, 4) is 0 Å². The highest BCUT2D eigenvalue weighted by Gasteiger charge is 2.33. The molecule has 1 unspecified atom stereocenters. The van der Waals surface area contributed by atoms with Gasteiger partial charge in [-0.25, -0.2) is 0 Å². The van der Waals surface area contributed by atoms with Gasteiger partial charge in [-0.1, -0.05) is 0 Å². The van der Waals surface area contributed by atoms with Gasteiger partial charge in [0.1, 0.15) is 5.60 Å². The number of halogens is 1. The Balaban J connectivity index is 2.89. The summed E-state index contributed by atoms with van der Waals surface area (Å²) >= 11 is 8.75. The van der Waals surface area contributed by atoms with Gasteiger partial charge in [-0.15, -0.1) is 11.3 Å². The first-order valence-electron chi connectivity index (χ1n) is 4.79. The van der Waals surface area contributed by atoms with Gasteiger partial charge in [-0.05, 0) is 46.7 Å². The highest BCUT2D eigenvalue weighted by atomic mass is 79.9. The maximum absolute atomic E-state index is 10.8. The predicted molar refractivity (Wildman–Crippen MR) is 71.3 cm³/mol. The van der Waals surface area contributed by atoms with Gasteiger partial charge in [0.05, 0.1) is 10.2 Å². The zero-order valence-electron chi connectivity index (χ0n) is 8.52. The second-order valence-electron chi connectivity index (χ2n) is 3.53. The molecule has 1 aromatic rings. The molecule has 0 fully saturated rings. The Morgan fingerprint density at radius 1 is 1.56 bits per heavy atom. The van der Waals surface area contributed by atoms with Gasteiger partial charge in [0, 0.05) is 4.88 Å². The molecule has 0 saturated carbocycles. The molecule has 0 amide bonds. The first-order chi connectivity index (χ1) is 7.48. The number of carboxylic acids is 1. The molecule has 6 heteroatoms. The van der Waals surface area contributed by atoms with E-state index < -0.39 is 11.6 Å². The van der Waals surface area contributed by atoms with Crippen molar-refractivity contribution >= 4 is 45.9 Å². The van der Waals surface area contributed by atoms with E-state index in [0.29, 0.717) is 23.5 Å². The average molecular weight is 325 g/mol. The Labute approximate surface area is 112 Å². The normalized spacial score (nSPS) is 14.7. The first-order valence-corrected chi connectivity index (χ1v) is 7.03. The van der Waals surface area contributed by atoms with Gasteiger partial charge in [-0.3, -0.25) is 4.79 Å². The summed E-state index contributed by atoms with van der Waals surface area (Å²) in [6.07, 6.45) is 0.825. The van der Waals surface area contributed by atoms with E-state index in [1.165, 1.54) is 11.3 Å². The standard InChI is InChI=1S/C10H13BrO3S2/c11-8-3-2-7(16-8)10(14,4-1-5-15)6-9(12)13/h2-3,14-15H,1,4-6H2,(H,12,13). The van der Waals surface area contributed by atoms with Crippen molar-refractivity contribution in [3.05, 3.63) is 20.8 Å². The largest absolute Gasteiger partial charge is 0.481 e. The molecule has 0 saturated heterocycles.